The van der Waals surface area contributed by atoms with Gasteiger partial charge in [-0.15, -0.1) is 11.3 Å². The van der Waals surface area contributed by atoms with Gasteiger partial charge in [-0.1, -0.05) is 37.3 Å². The van der Waals surface area contributed by atoms with Crippen LogP contribution < -0.4 is 5.73 Å². The standard InChI is InChI=1S/C22H23N3O3S2/c1-15-7-8-25(14-15)22(26)18-9-17(16-5-3-2-4-6-16)10-19(11-18)30(27,28)21-13-24-20(12-23)29-21/h2-6,9-11,13,15H,7-8,12,14,23H2,1H3. The van der Waals surface area contributed by atoms with Gasteiger partial charge in [0.05, 0.1) is 11.1 Å². The fourth-order valence-electron chi connectivity index (χ4n) is 3.61. The van der Waals surface area contributed by atoms with Crippen molar-refractivity contribution in [2.24, 2.45) is 11.7 Å². The molecule has 6 nitrogen and oxygen atoms in total. The zero-order valence-corrected chi connectivity index (χ0v) is 18.2. The average Bonchev–Trinajstić information content (AvgIpc) is 3.43. The van der Waals surface area contributed by atoms with E-state index in [-0.39, 0.29) is 21.6 Å². The third-order valence-electron chi connectivity index (χ3n) is 5.25. The number of amides is 1. The van der Waals surface area contributed by atoms with Crippen LogP contribution in [-0.4, -0.2) is 37.3 Å². The van der Waals surface area contributed by atoms with E-state index in [0.717, 1.165) is 23.3 Å². The number of hydrogen-bond donors (Lipinski definition) is 1. The van der Waals surface area contributed by atoms with Crippen LogP contribution in [0.1, 0.15) is 28.7 Å². The average molecular weight is 442 g/mol. The molecular weight excluding hydrogens is 418 g/mol. The molecule has 1 aliphatic rings. The Bertz CT molecular complexity index is 1170. The lowest BCUT2D eigenvalue weighted by molar-refractivity contribution is 0.0788. The molecule has 30 heavy (non-hydrogen) atoms. The predicted octanol–water partition coefficient (Wildman–Crippen LogP) is 3.58. The van der Waals surface area contributed by atoms with E-state index >= 15 is 0 Å². The molecule has 3 aromatic rings. The van der Waals surface area contributed by atoms with Crippen molar-refractivity contribution in [2.45, 2.75) is 29.0 Å². The molecule has 2 heterocycles. The highest BCUT2D eigenvalue weighted by Crippen LogP contribution is 2.31. The van der Waals surface area contributed by atoms with Gasteiger partial charge in [-0.3, -0.25) is 4.79 Å². The molecule has 0 bridgehead atoms. The molecule has 0 spiro atoms. The summed E-state index contributed by atoms with van der Waals surface area (Å²) in [7, 11) is -3.82. The van der Waals surface area contributed by atoms with Crippen molar-refractivity contribution in [1.82, 2.24) is 9.88 Å². The van der Waals surface area contributed by atoms with E-state index in [4.69, 9.17) is 5.73 Å². The summed E-state index contributed by atoms with van der Waals surface area (Å²) in [5, 5.41) is 0.551. The maximum absolute atomic E-state index is 13.3. The number of carbonyl (C=O) groups excluding carboxylic acids is 1. The summed E-state index contributed by atoms with van der Waals surface area (Å²) in [6, 6.07) is 14.3. The first-order valence-electron chi connectivity index (χ1n) is 9.78. The number of nitrogens with zero attached hydrogens (tertiary/aromatic N) is 2. The molecule has 1 aromatic heterocycles. The minimum Gasteiger partial charge on any atom is -0.338 e. The maximum Gasteiger partial charge on any atom is 0.253 e. The number of benzene rings is 2. The second-order valence-corrected chi connectivity index (χ2v) is 10.8. The number of likely N-dealkylation sites (tertiary alicyclic amines) is 1. The van der Waals surface area contributed by atoms with Crippen LogP contribution in [0.2, 0.25) is 0 Å². The summed E-state index contributed by atoms with van der Waals surface area (Å²) in [6.45, 7) is 3.67. The Hall–Kier alpha value is -2.55. The van der Waals surface area contributed by atoms with Gasteiger partial charge in [-0.2, -0.15) is 0 Å². The highest BCUT2D eigenvalue weighted by molar-refractivity contribution is 7.93. The Labute approximate surface area is 180 Å². The number of sulfone groups is 1. The van der Waals surface area contributed by atoms with Crippen LogP contribution >= 0.6 is 11.3 Å². The first kappa shape index (κ1) is 20.7. The fourth-order valence-corrected chi connectivity index (χ4v) is 6.14. The molecule has 1 saturated heterocycles. The van der Waals surface area contributed by atoms with E-state index in [9.17, 15) is 13.2 Å². The van der Waals surface area contributed by atoms with Gasteiger partial charge in [0, 0.05) is 25.2 Å². The van der Waals surface area contributed by atoms with Crippen molar-refractivity contribution in [2.75, 3.05) is 13.1 Å². The van der Waals surface area contributed by atoms with Crippen LogP contribution in [0.15, 0.2) is 63.8 Å². The summed E-state index contributed by atoms with van der Waals surface area (Å²) in [4.78, 5) is 19.1. The van der Waals surface area contributed by atoms with Gasteiger partial charge in [0.2, 0.25) is 9.84 Å². The molecule has 1 aliphatic heterocycles. The van der Waals surface area contributed by atoms with Gasteiger partial charge in [0.15, 0.2) is 0 Å². The number of hydrogen-bond acceptors (Lipinski definition) is 6. The molecule has 1 fully saturated rings. The fraction of sp³-hybridized carbons (Fsp3) is 0.273. The minimum atomic E-state index is -3.82. The van der Waals surface area contributed by atoms with Crippen LogP contribution in [0.3, 0.4) is 0 Å². The highest BCUT2D eigenvalue weighted by atomic mass is 32.2. The van der Waals surface area contributed by atoms with Crippen molar-refractivity contribution >= 4 is 27.1 Å². The molecule has 1 unspecified atom stereocenters. The number of thiazole rings is 1. The van der Waals surface area contributed by atoms with Gasteiger partial charge in [0.25, 0.3) is 5.91 Å². The SMILES string of the molecule is CC1CCN(C(=O)c2cc(-c3ccccc3)cc(S(=O)(=O)c3cnc(CN)s3)c2)C1. The first-order valence-corrected chi connectivity index (χ1v) is 12.1. The lowest BCUT2D eigenvalue weighted by atomic mass is 10.0. The van der Waals surface area contributed by atoms with E-state index in [2.05, 4.69) is 11.9 Å². The molecular formula is C22H23N3O3S2. The van der Waals surface area contributed by atoms with Gasteiger partial charge in [0.1, 0.15) is 9.22 Å². The molecule has 1 amide bonds. The lowest BCUT2D eigenvalue weighted by Gasteiger charge is -2.17. The molecule has 0 radical (unpaired) electrons. The molecule has 1 atom stereocenters. The molecule has 2 aromatic carbocycles. The molecule has 2 N–H and O–H groups in total. The summed E-state index contributed by atoms with van der Waals surface area (Å²) >= 11 is 1.06. The third kappa shape index (κ3) is 4.03. The smallest absolute Gasteiger partial charge is 0.253 e. The molecule has 0 aliphatic carbocycles. The van der Waals surface area contributed by atoms with Crippen molar-refractivity contribution in [1.29, 1.82) is 0 Å². The third-order valence-corrected chi connectivity index (χ3v) is 8.47. The van der Waals surface area contributed by atoms with Crippen molar-refractivity contribution in [3.63, 3.8) is 0 Å². The van der Waals surface area contributed by atoms with Gasteiger partial charge >= 0.3 is 0 Å². The van der Waals surface area contributed by atoms with Crippen LogP contribution in [-0.2, 0) is 16.4 Å². The molecule has 4 rings (SSSR count). The number of rotatable bonds is 5. The summed E-state index contributed by atoms with van der Waals surface area (Å²) in [5.74, 6) is 0.307. The Morgan fingerprint density at radius 2 is 1.97 bits per heavy atom. The van der Waals surface area contributed by atoms with Crippen LogP contribution in [0.5, 0.6) is 0 Å². The highest BCUT2D eigenvalue weighted by Gasteiger charge is 2.27. The Morgan fingerprint density at radius 1 is 1.20 bits per heavy atom. The summed E-state index contributed by atoms with van der Waals surface area (Å²) in [5.41, 5.74) is 7.52. The predicted molar refractivity (Wildman–Crippen MR) is 117 cm³/mol. The quantitative estimate of drug-likeness (QED) is 0.653. The van der Waals surface area contributed by atoms with E-state index < -0.39 is 9.84 Å². The molecule has 156 valence electrons. The van der Waals surface area contributed by atoms with E-state index in [1.807, 2.05) is 30.3 Å². The van der Waals surface area contributed by atoms with E-state index in [1.54, 1.807) is 17.0 Å². The van der Waals surface area contributed by atoms with Crippen LogP contribution in [0, 0.1) is 5.92 Å². The zero-order valence-electron chi connectivity index (χ0n) is 16.6. The topological polar surface area (TPSA) is 93.4 Å². The normalized spacial score (nSPS) is 16.7. The minimum absolute atomic E-state index is 0.0895. The monoisotopic (exact) mass is 441 g/mol. The molecule has 8 heteroatoms. The van der Waals surface area contributed by atoms with Gasteiger partial charge in [-0.25, -0.2) is 13.4 Å². The van der Waals surface area contributed by atoms with Crippen LogP contribution in [0.4, 0.5) is 0 Å². The summed E-state index contributed by atoms with van der Waals surface area (Å²) in [6.07, 6.45) is 2.29. The van der Waals surface area contributed by atoms with Gasteiger partial charge in [-0.05, 0) is 41.7 Å². The largest absolute Gasteiger partial charge is 0.338 e. The maximum atomic E-state index is 13.3. The Kier molecular flexibility index (Phi) is 5.73. The lowest BCUT2D eigenvalue weighted by Crippen LogP contribution is -2.28. The molecule has 0 saturated carbocycles. The van der Waals surface area contributed by atoms with Gasteiger partial charge < -0.3 is 10.6 Å². The second kappa shape index (κ2) is 8.29. The Balaban J connectivity index is 1.82. The van der Waals surface area contributed by atoms with Crippen molar-refractivity contribution in [3.05, 3.63) is 65.3 Å². The number of aromatic nitrogens is 1. The van der Waals surface area contributed by atoms with Crippen LogP contribution in [0.25, 0.3) is 11.1 Å². The van der Waals surface area contributed by atoms with E-state index in [0.29, 0.717) is 35.1 Å². The zero-order chi connectivity index (χ0) is 21.3. The second-order valence-electron chi connectivity index (χ2n) is 7.54. The van der Waals surface area contributed by atoms with E-state index in [1.165, 1.54) is 12.3 Å². The first-order chi connectivity index (χ1) is 14.4. The number of carbonyl (C=O) groups is 1. The van der Waals surface area contributed by atoms with Crippen molar-refractivity contribution in [3.8, 4) is 11.1 Å². The van der Waals surface area contributed by atoms with Crippen molar-refractivity contribution < 1.29 is 13.2 Å². The summed E-state index contributed by atoms with van der Waals surface area (Å²) < 4.78 is 26.7. The Morgan fingerprint density at radius 3 is 2.60 bits per heavy atom. The number of nitrogens with two attached hydrogens (primary N) is 1.